The molecule has 0 aromatic heterocycles. The number of morpholine rings is 1. The van der Waals surface area contributed by atoms with E-state index in [1.165, 1.54) is 19.4 Å². The number of nitrogens with zero attached hydrogens (tertiary/aromatic N) is 1. The minimum Gasteiger partial charge on any atom is -0.378 e. The van der Waals surface area contributed by atoms with Gasteiger partial charge in [0.25, 0.3) is 0 Å². The smallest absolute Gasteiger partial charge is 0.0620 e. The number of rotatable bonds is 3. The highest BCUT2D eigenvalue weighted by atomic mass is 16.5. The Morgan fingerprint density at radius 2 is 1.67 bits per heavy atom. The van der Waals surface area contributed by atoms with Crippen molar-refractivity contribution in [3.63, 3.8) is 0 Å². The standard InChI is InChI=1S/C13H27NO/c1-11-9-15-10-12(2)14(11)8-6-7-13(3,4)5/h11-12H,6-10H2,1-5H3. The third-order valence-electron chi connectivity index (χ3n) is 3.19. The van der Waals surface area contributed by atoms with Crippen LogP contribution < -0.4 is 0 Å². The summed E-state index contributed by atoms with van der Waals surface area (Å²) in [6.45, 7) is 14.5. The van der Waals surface area contributed by atoms with Gasteiger partial charge in [-0.2, -0.15) is 0 Å². The molecule has 0 aliphatic carbocycles. The fourth-order valence-corrected chi connectivity index (χ4v) is 2.27. The predicted molar refractivity (Wildman–Crippen MR) is 65.1 cm³/mol. The van der Waals surface area contributed by atoms with Crippen molar-refractivity contribution in [3.8, 4) is 0 Å². The molecule has 2 heteroatoms. The maximum Gasteiger partial charge on any atom is 0.0620 e. The van der Waals surface area contributed by atoms with Crippen LogP contribution in [0.1, 0.15) is 47.5 Å². The van der Waals surface area contributed by atoms with Gasteiger partial charge < -0.3 is 4.74 Å². The molecule has 0 spiro atoms. The van der Waals surface area contributed by atoms with Crippen molar-refractivity contribution in [2.24, 2.45) is 5.41 Å². The van der Waals surface area contributed by atoms with Crippen LogP contribution >= 0.6 is 0 Å². The van der Waals surface area contributed by atoms with Gasteiger partial charge in [0.05, 0.1) is 13.2 Å². The minimum atomic E-state index is 0.471. The van der Waals surface area contributed by atoms with Gasteiger partial charge in [-0.3, -0.25) is 4.90 Å². The average molecular weight is 213 g/mol. The van der Waals surface area contributed by atoms with E-state index in [-0.39, 0.29) is 0 Å². The van der Waals surface area contributed by atoms with Gasteiger partial charge in [0.15, 0.2) is 0 Å². The van der Waals surface area contributed by atoms with Gasteiger partial charge in [-0.1, -0.05) is 20.8 Å². The summed E-state index contributed by atoms with van der Waals surface area (Å²) in [4.78, 5) is 2.59. The molecule has 2 unspecified atom stereocenters. The Morgan fingerprint density at radius 3 is 2.13 bits per heavy atom. The van der Waals surface area contributed by atoms with Crippen molar-refractivity contribution >= 4 is 0 Å². The molecule has 0 aromatic rings. The van der Waals surface area contributed by atoms with Crippen LogP contribution in [0.4, 0.5) is 0 Å². The lowest BCUT2D eigenvalue weighted by Gasteiger charge is -2.39. The molecular weight excluding hydrogens is 186 g/mol. The van der Waals surface area contributed by atoms with E-state index in [2.05, 4.69) is 39.5 Å². The fourth-order valence-electron chi connectivity index (χ4n) is 2.27. The Balaban J connectivity index is 2.29. The molecule has 0 saturated carbocycles. The zero-order chi connectivity index (χ0) is 11.5. The molecule has 0 aromatic carbocycles. The highest BCUT2D eigenvalue weighted by Gasteiger charge is 2.25. The van der Waals surface area contributed by atoms with E-state index in [1.807, 2.05) is 0 Å². The van der Waals surface area contributed by atoms with Gasteiger partial charge in [0.1, 0.15) is 0 Å². The van der Waals surface area contributed by atoms with E-state index in [9.17, 15) is 0 Å². The highest BCUT2D eigenvalue weighted by molar-refractivity contribution is 4.78. The maximum atomic E-state index is 5.53. The first kappa shape index (κ1) is 13.0. The quantitative estimate of drug-likeness (QED) is 0.714. The van der Waals surface area contributed by atoms with Crippen molar-refractivity contribution in [2.45, 2.75) is 59.5 Å². The molecule has 1 aliphatic rings. The first-order valence-electron chi connectivity index (χ1n) is 6.23. The maximum absolute atomic E-state index is 5.53. The van der Waals surface area contributed by atoms with Crippen molar-refractivity contribution in [1.29, 1.82) is 0 Å². The molecule has 0 amide bonds. The second-order valence-corrected chi connectivity index (χ2v) is 6.14. The Kier molecular flexibility index (Phi) is 4.60. The zero-order valence-electron chi connectivity index (χ0n) is 11.0. The van der Waals surface area contributed by atoms with Crippen LogP contribution in [0.5, 0.6) is 0 Å². The van der Waals surface area contributed by atoms with E-state index in [4.69, 9.17) is 4.74 Å². The lowest BCUT2D eigenvalue weighted by molar-refractivity contribution is -0.0378. The third-order valence-corrected chi connectivity index (χ3v) is 3.19. The SMILES string of the molecule is CC1COCC(C)N1CCCC(C)(C)C. The van der Waals surface area contributed by atoms with Gasteiger partial charge in [0, 0.05) is 12.1 Å². The van der Waals surface area contributed by atoms with Crippen LogP contribution in [-0.4, -0.2) is 36.7 Å². The van der Waals surface area contributed by atoms with Gasteiger partial charge in [0.2, 0.25) is 0 Å². The summed E-state index contributed by atoms with van der Waals surface area (Å²) < 4.78 is 5.53. The first-order valence-corrected chi connectivity index (χ1v) is 6.23. The van der Waals surface area contributed by atoms with Crippen LogP contribution in [0.25, 0.3) is 0 Å². The summed E-state index contributed by atoms with van der Waals surface area (Å²) >= 11 is 0. The van der Waals surface area contributed by atoms with Crippen LogP contribution in [-0.2, 0) is 4.74 Å². The predicted octanol–water partition coefficient (Wildman–Crippen LogP) is 2.92. The summed E-state index contributed by atoms with van der Waals surface area (Å²) in [5.41, 5.74) is 0.471. The molecular formula is C13H27NO. The van der Waals surface area contributed by atoms with E-state index in [0.29, 0.717) is 17.5 Å². The molecule has 15 heavy (non-hydrogen) atoms. The second-order valence-electron chi connectivity index (χ2n) is 6.14. The van der Waals surface area contributed by atoms with Gasteiger partial charge >= 0.3 is 0 Å². The normalized spacial score (nSPS) is 29.4. The van der Waals surface area contributed by atoms with Gasteiger partial charge in [-0.25, -0.2) is 0 Å². The number of hydrogen-bond acceptors (Lipinski definition) is 2. The number of ether oxygens (including phenoxy) is 1. The average Bonchev–Trinajstić information content (AvgIpc) is 2.08. The van der Waals surface area contributed by atoms with Crippen molar-refractivity contribution in [3.05, 3.63) is 0 Å². The first-order chi connectivity index (χ1) is 6.90. The molecule has 1 rings (SSSR count). The molecule has 0 bridgehead atoms. The summed E-state index contributed by atoms with van der Waals surface area (Å²) in [7, 11) is 0. The molecule has 2 nitrogen and oxygen atoms in total. The molecule has 1 aliphatic heterocycles. The largest absolute Gasteiger partial charge is 0.378 e. The fraction of sp³-hybridized carbons (Fsp3) is 1.00. The molecule has 1 heterocycles. The Hall–Kier alpha value is -0.0800. The Morgan fingerprint density at radius 1 is 1.13 bits per heavy atom. The summed E-state index contributed by atoms with van der Waals surface area (Å²) in [5, 5.41) is 0. The van der Waals surface area contributed by atoms with Crippen molar-refractivity contribution < 1.29 is 4.74 Å². The monoisotopic (exact) mass is 213 g/mol. The van der Waals surface area contributed by atoms with Crippen LogP contribution in [0, 0.1) is 5.41 Å². The molecule has 2 atom stereocenters. The molecule has 0 radical (unpaired) electrons. The minimum absolute atomic E-state index is 0.471. The van der Waals surface area contributed by atoms with Crippen LogP contribution in [0.3, 0.4) is 0 Å². The van der Waals surface area contributed by atoms with Crippen molar-refractivity contribution in [2.75, 3.05) is 19.8 Å². The van der Waals surface area contributed by atoms with E-state index in [1.54, 1.807) is 0 Å². The topological polar surface area (TPSA) is 12.5 Å². The lowest BCUT2D eigenvalue weighted by Crippen LogP contribution is -2.49. The molecule has 1 fully saturated rings. The lowest BCUT2D eigenvalue weighted by atomic mass is 9.90. The molecule has 1 saturated heterocycles. The van der Waals surface area contributed by atoms with Gasteiger partial charge in [-0.15, -0.1) is 0 Å². The Labute approximate surface area is 95.0 Å². The van der Waals surface area contributed by atoms with Crippen LogP contribution in [0.15, 0.2) is 0 Å². The molecule has 90 valence electrons. The van der Waals surface area contributed by atoms with Crippen molar-refractivity contribution in [1.82, 2.24) is 4.90 Å². The number of hydrogen-bond donors (Lipinski definition) is 0. The summed E-state index contributed by atoms with van der Waals surface area (Å²) in [5.74, 6) is 0. The Bertz CT molecular complexity index is 175. The summed E-state index contributed by atoms with van der Waals surface area (Å²) in [6, 6.07) is 1.18. The zero-order valence-corrected chi connectivity index (χ0v) is 11.0. The third kappa shape index (κ3) is 4.52. The van der Waals surface area contributed by atoms with E-state index >= 15 is 0 Å². The van der Waals surface area contributed by atoms with Gasteiger partial charge in [-0.05, 0) is 38.6 Å². The van der Waals surface area contributed by atoms with E-state index in [0.717, 1.165) is 13.2 Å². The molecule has 0 N–H and O–H groups in total. The van der Waals surface area contributed by atoms with E-state index < -0.39 is 0 Å². The van der Waals surface area contributed by atoms with Crippen LogP contribution in [0.2, 0.25) is 0 Å². The summed E-state index contributed by atoms with van der Waals surface area (Å²) in [6.07, 6.45) is 2.61. The second kappa shape index (κ2) is 5.31. The highest BCUT2D eigenvalue weighted by Crippen LogP contribution is 2.22.